The van der Waals surface area contributed by atoms with Crippen LogP contribution in [0.25, 0.3) is 0 Å². The van der Waals surface area contributed by atoms with Gasteiger partial charge in [-0.2, -0.15) is 0 Å². The molecule has 0 aliphatic heterocycles. The van der Waals surface area contributed by atoms with E-state index in [0.717, 1.165) is 0 Å². The summed E-state index contributed by atoms with van der Waals surface area (Å²) in [5.41, 5.74) is -0.184. The highest BCUT2D eigenvalue weighted by Gasteiger charge is 2.26. The van der Waals surface area contributed by atoms with Gasteiger partial charge in [0.05, 0.1) is 5.60 Å². The Bertz CT molecular complexity index is 138. The summed E-state index contributed by atoms with van der Waals surface area (Å²) in [6.07, 6.45) is 2.47. The van der Waals surface area contributed by atoms with Crippen molar-refractivity contribution >= 4 is 8.32 Å². The molecule has 0 rings (SSSR count). The van der Waals surface area contributed by atoms with Crippen molar-refractivity contribution in [3.05, 3.63) is 0 Å². The monoisotopic (exact) mass is 204 g/mol. The first kappa shape index (κ1) is 13.1. The van der Waals surface area contributed by atoms with E-state index in [1.54, 1.807) is 0 Å². The van der Waals surface area contributed by atoms with Crippen molar-refractivity contribution in [1.82, 2.24) is 0 Å². The van der Waals surface area contributed by atoms with Gasteiger partial charge >= 0.3 is 0 Å². The molecule has 0 saturated carbocycles. The molecule has 0 amide bonds. The third-order valence-electron chi connectivity index (χ3n) is 1.65. The van der Waals surface area contributed by atoms with Gasteiger partial charge in [-0.1, -0.05) is 19.8 Å². The second-order valence-corrected chi connectivity index (χ2v) is 9.33. The number of hydrogen-bond acceptors (Lipinski definition) is 2. The molecule has 0 spiro atoms. The predicted octanol–water partition coefficient (Wildman–Crippen LogP) is 3.74. The Morgan fingerprint density at radius 1 is 1.15 bits per heavy atom. The molecule has 0 radical (unpaired) electrons. The zero-order valence-corrected chi connectivity index (χ0v) is 10.9. The Morgan fingerprint density at radius 3 is 2.08 bits per heavy atom. The minimum atomic E-state index is -1.56. The van der Waals surface area contributed by atoms with Gasteiger partial charge in [0.15, 0.2) is 0 Å². The predicted molar refractivity (Wildman–Crippen MR) is 59.1 cm³/mol. The summed E-state index contributed by atoms with van der Waals surface area (Å²) in [5.74, 6) is 0. The average molecular weight is 204 g/mol. The summed E-state index contributed by atoms with van der Waals surface area (Å²) in [6, 6.07) is 1.18. The van der Waals surface area contributed by atoms with Crippen molar-refractivity contribution < 1.29 is 9.46 Å². The van der Waals surface area contributed by atoms with Crippen LogP contribution in [0, 0.1) is 0 Å². The summed E-state index contributed by atoms with van der Waals surface area (Å²) in [5, 5.41) is 0. The summed E-state index contributed by atoms with van der Waals surface area (Å²) in [4.78, 5) is 5.35. The van der Waals surface area contributed by atoms with Crippen LogP contribution in [-0.4, -0.2) is 13.9 Å². The Balaban J connectivity index is 3.75. The molecule has 0 aromatic rings. The topological polar surface area (TPSA) is 18.5 Å². The fourth-order valence-corrected chi connectivity index (χ4v) is 2.65. The van der Waals surface area contributed by atoms with Gasteiger partial charge in [-0.05, 0) is 39.9 Å². The highest BCUT2D eigenvalue weighted by Crippen LogP contribution is 2.18. The Kier molecular flexibility index (Phi) is 5.18. The van der Waals surface area contributed by atoms with Crippen LogP contribution in [0.4, 0.5) is 0 Å². The van der Waals surface area contributed by atoms with E-state index in [0.29, 0.717) is 0 Å². The molecule has 0 aromatic heterocycles. The van der Waals surface area contributed by atoms with Crippen molar-refractivity contribution in [3.63, 3.8) is 0 Å². The summed E-state index contributed by atoms with van der Waals surface area (Å²) in [6.45, 7) is 12.6. The molecule has 3 heteroatoms. The molecule has 0 bridgehead atoms. The highest BCUT2D eigenvalue weighted by atomic mass is 28.4. The van der Waals surface area contributed by atoms with Crippen molar-refractivity contribution in [2.24, 2.45) is 0 Å². The number of hydrogen-bond donors (Lipinski definition) is 0. The van der Waals surface area contributed by atoms with Crippen LogP contribution in [-0.2, 0) is 9.46 Å². The zero-order valence-electron chi connectivity index (χ0n) is 9.94. The minimum Gasteiger partial charge on any atom is -0.286 e. The quantitative estimate of drug-likeness (QED) is 0.386. The van der Waals surface area contributed by atoms with Crippen LogP contribution in [0.2, 0.25) is 19.1 Å². The van der Waals surface area contributed by atoms with E-state index in [1.807, 2.05) is 20.8 Å². The first-order valence-electron chi connectivity index (χ1n) is 5.14. The summed E-state index contributed by atoms with van der Waals surface area (Å²) in [7, 11) is -1.56. The van der Waals surface area contributed by atoms with Crippen LogP contribution in [0.3, 0.4) is 0 Å². The van der Waals surface area contributed by atoms with Crippen molar-refractivity contribution in [3.8, 4) is 0 Å². The van der Waals surface area contributed by atoms with E-state index in [2.05, 4.69) is 20.0 Å². The molecule has 0 atom stereocenters. The van der Waals surface area contributed by atoms with Crippen LogP contribution >= 0.6 is 0 Å². The Hall–Kier alpha value is 0.137. The lowest BCUT2D eigenvalue weighted by molar-refractivity contribution is -0.285. The maximum atomic E-state index is 5.53. The molecule has 0 aromatic carbocycles. The first-order valence-corrected chi connectivity index (χ1v) is 8.25. The van der Waals surface area contributed by atoms with Gasteiger partial charge in [-0.15, -0.1) is 0 Å². The van der Waals surface area contributed by atoms with Crippen molar-refractivity contribution in [2.75, 3.05) is 0 Å². The molecule has 0 N–H and O–H groups in total. The molecular weight excluding hydrogens is 180 g/mol. The van der Waals surface area contributed by atoms with Crippen LogP contribution in [0.5, 0.6) is 0 Å². The van der Waals surface area contributed by atoms with Gasteiger partial charge in [-0.3, -0.25) is 4.58 Å². The first-order chi connectivity index (χ1) is 5.77. The summed E-state index contributed by atoms with van der Waals surface area (Å²) >= 11 is 0. The molecule has 0 aliphatic carbocycles. The lowest BCUT2D eigenvalue weighted by Gasteiger charge is -2.26. The van der Waals surface area contributed by atoms with Gasteiger partial charge in [0, 0.05) is 0 Å². The SMILES string of the molecule is CCCC[Si](C)(C)OOC(C)(C)C. The summed E-state index contributed by atoms with van der Waals surface area (Å²) < 4.78 is 5.53. The third-order valence-corrected chi connectivity index (χ3v) is 3.74. The lowest BCUT2D eigenvalue weighted by atomic mass is 10.2. The van der Waals surface area contributed by atoms with Crippen LogP contribution in [0.15, 0.2) is 0 Å². The smallest absolute Gasteiger partial charge is 0.233 e. The van der Waals surface area contributed by atoms with E-state index in [1.165, 1.54) is 18.9 Å². The molecule has 0 aliphatic rings. The molecule has 0 heterocycles. The van der Waals surface area contributed by atoms with E-state index in [-0.39, 0.29) is 5.60 Å². The van der Waals surface area contributed by atoms with E-state index in [9.17, 15) is 0 Å². The van der Waals surface area contributed by atoms with Gasteiger partial charge in [0.2, 0.25) is 8.32 Å². The normalized spacial score (nSPS) is 13.4. The largest absolute Gasteiger partial charge is 0.286 e. The fraction of sp³-hybridized carbons (Fsp3) is 1.00. The second-order valence-electron chi connectivity index (χ2n) is 5.14. The van der Waals surface area contributed by atoms with E-state index < -0.39 is 8.32 Å². The number of rotatable bonds is 5. The lowest BCUT2D eigenvalue weighted by Crippen LogP contribution is -2.34. The van der Waals surface area contributed by atoms with Crippen LogP contribution < -0.4 is 0 Å². The fourth-order valence-electron chi connectivity index (χ4n) is 0.882. The highest BCUT2D eigenvalue weighted by molar-refractivity contribution is 6.70. The Morgan fingerprint density at radius 2 is 1.69 bits per heavy atom. The van der Waals surface area contributed by atoms with Gasteiger partial charge < -0.3 is 0 Å². The molecule has 0 unspecified atom stereocenters. The third kappa shape index (κ3) is 8.47. The van der Waals surface area contributed by atoms with E-state index >= 15 is 0 Å². The second kappa shape index (κ2) is 5.13. The molecule has 2 nitrogen and oxygen atoms in total. The van der Waals surface area contributed by atoms with E-state index in [4.69, 9.17) is 9.46 Å². The molecule has 0 saturated heterocycles. The average Bonchev–Trinajstić information content (AvgIpc) is 1.97. The van der Waals surface area contributed by atoms with Gasteiger partial charge in [0.1, 0.15) is 0 Å². The van der Waals surface area contributed by atoms with Gasteiger partial charge in [-0.25, -0.2) is 4.89 Å². The van der Waals surface area contributed by atoms with Crippen LogP contribution in [0.1, 0.15) is 40.5 Å². The molecule has 0 fully saturated rings. The maximum absolute atomic E-state index is 5.53. The molecule has 13 heavy (non-hydrogen) atoms. The van der Waals surface area contributed by atoms with Crippen molar-refractivity contribution in [2.45, 2.75) is 65.3 Å². The molecule has 80 valence electrons. The Labute approximate surface area is 83.7 Å². The maximum Gasteiger partial charge on any atom is 0.233 e. The van der Waals surface area contributed by atoms with Gasteiger partial charge in [0.25, 0.3) is 0 Å². The minimum absolute atomic E-state index is 0.184. The molecular formula is C10H24O2Si. The zero-order chi connectivity index (χ0) is 10.5. The number of unbranched alkanes of at least 4 members (excludes halogenated alkanes) is 1. The van der Waals surface area contributed by atoms with Crippen molar-refractivity contribution in [1.29, 1.82) is 0 Å². The standard InChI is InChI=1S/C10H24O2Si/c1-7-8-9-13(5,6)12-11-10(2,3)4/h7-9H2,1-6H3.